The van der Waals surface area contributed by atoms with E-state index in [1.807, 2.05) is 0 Å². The monoisotopic (exact) mass is 255 g/mol. The quantitative estimate of drug-likeness (QED) is 0.556. The molecule has 0 N–H and O–H groups in total. The zero-order chi connectivity index (χ0) is 11.7. The first-order chi connectivity index (χ1) is 8.33. The van der Waals surface area contributed by atoms with Crippen molar-refractivity contribution in [2.75, 3.05) is 0 Å². The van der Waals surface area contributed by atoms with E-state index < -0.39 is 0 Å². The molecule has 0 aliphatic carbocycles. The molecule has 3 rings (SSSR count). The number of rotatable bonds is 1. The molecule has 18 heavy (non-hydrogen) atoms. The van der Waals surface area contributed by atoms with E-state index in [1.165, 1.54) is 22.0 Å². The van der Waals surface area contributed by atoms with Crippen LogP contribution in [0.1, 0.15) is 5.56 Å². The molecule has 3 aromatic rings. The van der Waals surface area contributed by atoms with Crippen LogP contribution in [0, 0.1) is 6.92 Å². The molecule has 1 heterocycles. The van der Waals surface area contributed by atoms with Crippen LogP contribution in [0.15, 0.2) is 67.0 Å². The Kier molecular flexibility index (Phi) is 3.63. The summed E-state index contributed by atoms with van der Waals surface area (Å²) in [5.41, 5.74) is 2.48. The topological polar surface area (TPSA) is 3.88 Å². The highest BCUT2D eigenvalue weighted by Crippen LogP contribution is 2.11. The number of aryl methyl sites for hydroxylation is 1. The van der Waals surface area contributed by atoms with Gasteiger partial charge < -0.3 is 12.4 Å². The predicted octanol–water partition coefficient (Wildman–Crippen LogP) is 0.429. The molecule has 0 bridgehead atoms. The van der Waals surface area contributed by atoms with Crippen LogP contribution in [-0.2, 0) is 0 Å². The second-order valence-corrected chi connectivity index (χ2v) is 4.32. The molecule has 0 aliphatic heterocycles. The first-order valence-corrected chi connectivity index (χ1v) is 5.80. The summed E-state index contributed by atoms with van der Waals surface area (Å²) in [5, 5.41) is 2.53. The van der Waals surface area contributed by atoms with E-state index in [2.05, 4.69) is 78.5 Å². The van der Waals surface area contributed by atoms with Gasteiger partial charge in [-0.1, -0.05) is 35.9 Å². The molecule has 0 unspecified atom stereocenters. The average molecular weight is 256 g/mol. The van der Waals surface area contributed by atoms with E-state index in [-0.39, 0.29) is 12.4 Å². The molecule has 0 aliphatic rings. The highest BCUT2D eigenvalue weighted by Gasteiger charge is 2.05. The van der Waals surface area contributed by atoms with Gasteiger partial charge in [0.15, 0.2) is 12.4 Å². The Labute approximate surface area is 113 Å². The van der Waals surface area contributed by atoms with E-state index in [0.717, 1.165) is 0 Å². The minimum Gasteiger partial charge on any atom is -1.00 e. The van der Waals surface area contributed by atoms with Gasteiger partial charge in [-0.3, -0.25) is 0 Å². The summed E-state index contributed by atoms with van der Waals surface area (Å²) >= 11 is 0. The lowest BCUT2D eigenvalue weighted by Gasteiger charge is -1.98. The van der Waals surface area contributed by atoms with Gasteiger partial charge in [-0.2, -0.15) is 4.57 Å². The number of fused-ring (bicyclic) bond motifs is 1. The first-order valence-electron chi connectivity index (χ1n) is 5.80. The molecule has 2 aromatic carbocycles. The van der Waals surface area contributed by atoms with Gasteiger partial charge in [0.2, 0.25) is 5.69 Å². The van der Waals surface area contributed by atoms with Crippen LogP contribution in [0.4, 0.5) is 0 Å². The zero-order valence-corrected chi connectivity index (χ0v) is 10.9. The van der Waals surface area contributed by atoms with Gasteiger partial charge in [0.25, 0.3) is 0 Å². The molecule has 1 nitrogen and oxygen atoms in total. The second-order valence-electron chi connectivity index (χ2n) is 4.32. The van der Waals surface area contributed by atoms with Crippen molar-refractivity contribution in [1.82, 2.24) is 0 Å². The van der Waals surface area contributed by atoms with Crippen molar-refractivity contribution >= 4 is 10.8 Å². The summed E-state index contributed by atoms with van der Waals surface area (Å²) < 4.78 is 2.15. The van der Waals surface area contributed by atoms with Gasteiger partial charge in [-0.05, 0) is 18.4 Å². The molecule has 0 saturated carbocycles. The third kappa shape index (κ3) is 2.36. The van der Waals surface area contributed by atoms with Crippen molar-refractivity contribution in [3.63, 3.8) is 0 Å². The van der Waals surface area contributed by atoms with E-state index in [0.29, 0.717) is 0 Å². The number of halogens is 1. The molecular weight excluding hydrogens is 242 g/mol. The molecular formula is C16H14ClN. The summed E-state index contributed by atoms with van der Waals surface area (Å²) in [7, 11) is 0. The second kappa shape index (κ2) is 5.19. The number of benzene rings is 2. The maximum Gasteiger partial charge on any atom is 0.210 e. The number of hydrogen-bond donors (Lipinski definition) is 0. The maximum absolute atomic E-state index is 2.17. The van der Waals surface area contributed by atoms with Crippen LogP contribution in [0.5, 0.6) is 0 Å². The Balaban J connectivity index is 0.00000120. The van der Waals surface area contributed by atoms with Crippen molar-refractivity contribution in [3.8, 4) is 5.69 Å². The fourth-order valence-corrected chi connectivity index (χ4v) is 2.01. The summed E-state index contributed by atoms with van der Waals surface area (Å²) in [6.45, 7) is 2.11. The highest BCUT2D eigenvalue weighted by atomic mass is 35.5. The van der Waals surface area contributed by atoms with Crippen LogP contribution >= 0.6 is 0 Å². The van der Waals surface area contributed by atoms with Crippen molar-refractivity contribution in [1.29, 1.82) is 0 Å². The van der Waals surface area contributed by atoms with E-state index in [1.54, 1.807) is 0 Å². The smallest absolute Gasteiger partial charge is 0.210 e. The highest BCUT2D eigenvalue weighted by molar-refractivity contribution is 5.80. The van der Waals surface area contributed by atoms with Crippen molar-refractivity contribution in [2.45, 2.75) is 6.92 Å². The van der Waals surface area contributed by atoms with Crippen LogP contribution in [0.3, 0.4) is 0 Å². The molecule has 0 atom stereocenters. The lowest BCUT2D eigenvalue weighted by molar-refractivity contribution is -0.594. The van der Waals surface area contributed by atoms with E-state index in [9.17, 15) is 0 Å². The first kappa shape index (κ1) is 12.6. The van der Waals surface area contributed by atoms with Crippen LogP contribution in [-0.4, -0.2) is 0 Å². The Bertz CT molecular complexity index is 659. The lowest BCUT2D eigenvalue weighted by atomic mass is 10.1. The molecule has 0 radical (unpaired) electrons. The minimum atomic E-state index is 0. The normalized spacial score (nSPS) is 10.1. The molecule has 0 fully saturated rings. The third-order valence-electron chi connectivity index (χ3n) is 3.02. The van der Waals surface area contributed by atoms with Gasteiger partial charge >= 0.3 is 0 Å². The predicted molar refractivity (Wildman–Crippen MR) is 70.2 cm³/mol. The van der Waals surface area contributed by atoms with Crippen molar-refractivity contribution in [3.05, 3.63) is 72.6 Å². The average Bonchev–Trinajstić information content (AvgIpc) is 2.39. The standard InChI is InChI=1S/C16H14N.ClH/c1-13-6-8-16(9-7-13)17-11-10-14-4-2-3-5-15(14)12-17;/h2-12H,1H3;1H/q+1;/p-1. The van der Waals surface area contributed by atoms with Crippen LogP contribution < -0.4 is 17.0 Å². The summed E-state index contributed by atoms with van der Waals surface area (Å²) in [6, 6.07) is 19.1. The Morgan fingerprint density at radius 2 is 1.44 bits per heavy atom. The van der Waals surface area contributed by atoms with Crippen molar-refractivity contribution < 1.29 is 17.0 Å². The summed E-state index contributed by atoms with van der Waals surface area (Å²) in [5.74, 6) is 0. The van der Waals surface area contributed by atoms with Gasteiger partial charge in [-0.25, -0.2) is 0 Å². The Morgan fingerprint density at radius 3 is 2.17 bits per heavy atom. The van der Waals surface area contributed by atoms with Crippen LogP contribution in [0.2, 0.25) is 0 Å². The van der Waals surface area contributed by atoms with Gasteiger partial charge in [0.05, 0.1) is 0 Å². The fourth-order valence-electron chi connectivity index (χ4n) is 2.01. The largest absolute Gasteiger partial charge is 1.00 e. The number of hydrogen-bond acceptors (Lipinski definition) is 0. The zero-order valence-electron chi connectivity index (χ0n) is 10.2. The fraction of sp³-hybridized carbons (Fsp3) is 0.0625. The molecule has 0 spiro atoms. The lowest BCUT2D eigenvalue weighted by Crippen LogP contribution is -3.00. The van der Waals surface area contributed by atoms with Crippen LogP contribution in [0.25, 0.3) is 16.5 Å². The summed E-state index contributed by atoms with van der Waals surface area (Å²) in [4.78, 5) is 0. The van der Waals surface area contributed by atoms with Gasteiger partial charge in [0, 0.05) is 23.6 Å². The van der Waals surface area contributed by atoms with Gasteiger partial charge in [0.1, 0.15) is 0 Å². The van der Waals surface area contributed by atoms with Crippen molar-refractivity contribution in [2.24, 2.45) is 0 Å². The third-order valence-corrected chi connectivity index (χ3v) is 3.02. The SMILES string of the molecule is Cc1ccc(-[n+]2ccc3ccccc3c2)cc1.[Cl-]. The molecule has 0 amide bonds. The Morgan fingerprint density at radius 1 is 0.778 bits per heavy atom. The van der Waals surface area contributed by atoms with Gasteiger partial charge in [-0.15, -0.1) is 0 Å². The maximum atomic E-state index is 2.17. The Hall–Kier alpha value is -1.86. The number of aromatic nitrogens is 1. The van der Waals surface area contributed by atoms with E-state index in [4.69, 9.17) is 0 Å². The summed E-state index contributed by atoms with van der Waals surface area (Å²) in [6.07, 6.45) is 4.27. The minimum absolute atomic E-state index is 0. The van der Waals surface area contributed by atoms with E-state index >= 15 is 0 Å². The number of nitrogens with zero attached hydrogens (tertiary/aromatic N) is 1. The molecule has 1 aromatic heterocycles. The molecule has 90 valence electrons. The molecule has 2 heteroatoms. The number of pyridine rings is 1. The molecule has 0 saturated heterocycles.